The smallest absolute Gasteiger partial charge is 0.343 e. The lowest BCUT2D eigenvalue weighted by molar-refractivity contribution is -0.193. The van der Waals surface area contributed by atoms with Gasteiger partial charge in [-0.1, -0.05) is 36.4 Å². The molecule has 30 heavy (non-hydrogen) atoms. The molecule has 1 aliphatic heterocycles. The normalized spacial score (nSPS) is 24.0. The Bertz CT molecular complexity index is 1070. The van der Waals surface area contributed by atoms with Gasteiger partial charge in [0.25, 0.3) is 0 Å². The molecule has 9 heteroatoms. The van der Waals surface area contributed by atoms with Crippen LogP contribution in [-0.4, -0.2) is 25.0 Å². The minimum atomic E-state index is -4.48. The van der Waals surface area contributed by atoms with Crippen molar-refractivity contribution in [3.63, 3.8) is 0 Å². The van der Waals surface area contributed by atoms with Crippen molar-refractivity contribution >= 4 is 17.3 Å². The maximum atomic E-state index is 14.9. The first kappa shape index (κ1) is 20.1. The first-order valence-electron chi connectivity index (χ1n) is 8.77. The molecule has 0 spiro atoms. The highest BCUT2D eigenvalue weighted by molar-refractivity contribution is 5.91. The Morgan fingerprint density at radius 2 is 1.43 bits per heavy atom. The first-order chi connectivity index (χ1) is 14.2. The fourth-order valence-electron chi connectivity index (χ4n) is 3.66. The Balaban J connectivity index is 1.79. The number of rotatable bonds is 2. The van der Waals surface area contributed by atoms with Gasteiger partial charge in [0.2, 0.25) is 12.0 Å². The summed E-state index contributed by atoms with van der Waals surface area (Å²) in [5.41, 5.74) is 1.72. The number of alkyl halides is 2. The topological polar surface area (TPSA) is 29.5 Å². The molecule has 3 nitrogen and oxygen atoms in total. The molecule has 0 radical (unpaired) electrons. The third kappa shape index (κ3) is 2.72. The van der Waals surface area contributed by atoms with Crippen LogP contribution in [0.2, 0.25) is 0 Å². The van der Waals surface area contributed by atoms with E-state index >= 15 is 0 Å². The summed E-state index contributed by atoms with van der Waals surface area (Å²) in [6.45, 7) is 0. The average molecular weight is 425 g/mol. The maximum absolute atomic E-state index is 14.9. The number of benzene rings is 2. The molecule has 2 aromatic rings. The van der Waals surface area contributed by atoms with Crippen LogP contribution in [0.5, 0.6) is 0 Å². The minimum Gasteiger partial charge on any atom is -0.417 e. The molecule has 2 unspecified atom stereocenters. The van der Waals surface area contributed by atoms with Crippen LogP contribution in [0.15, 0.2) is 71.8 Å². The summed E-state index contributed by atoms with van der Waals surface area (Å²) in [7, 11) is 1.72. The van der Waals surface area contributed by atoms with Gasteiger partial charge >= 0.3 is 11.8 Å². The van der Waals surface area contributed by atoms with Crippen LogP contribution < -0.4 is 4.90 Å². The summed E-state index contributed by atoms with van der Waals surface area (Å²) in [6, 6.07) is 12.9. The Kier molecular flexibility index (Phi) is 4.63. The number of anilines is 2. The second kappa shape index (κ2) is 6.93. The van der Waals surface area contributed by atoms with Crippen LogP contribution in [0, 0.1) is 0 Å². The van der Waals surface area contributed by atoms with E-state index in [9.17, 15) is 31.1 Å². The van der Waals surface area contributed by atoms with E-state index in [-0.39, 0.29) is 0 Å². The van der Waals surface area contributed by atoms with Crippen LogP contribution in [-0.2, 0) is 9.53 Å². The second-order valence-electron chi connectivity index (χ2n) is 6.83. The van der Waals surface area contributed by atoms with Crippen LogP contribution >= 0.6 is 0 Å². The third-order valence-electron chi connectivity index (χ3n) is 5.15. The predicted molar refractivity (Wildman–Crippen MR) is 96.1 cm³/mol. The number of halogens is 6. The number of carbonyl (C=O) groups excluding carboxylic acids is 1. The van der Waals surface area contributed by atoms with E-state index in [1.807, 2.05) is 0 Å². The summed E-state index contributed by atoms with van der Waals surface area (Å²) in [5, 5.41) is 0. The van der Waals surface area contributed by atoms with Gasteiger partial charge in [0.15, 0.2) is 17.5 Å². The molecule has 2 atom stereocenters. The quantitative estimate of drug-likeness (QED) is 0.453. The van der Waals surface area contributed by atoms with E-state index in [0.717, 1.165) is 0 Å². The number of hydrogen-bond acceptors (Lipinski definition) is 3. The van der Waals surface area contributed by atoms with Crippen LogP contribution in [0.4, 0.5) is 37.7 Å². The number of nitrogens with zero attached hydrogens (tertiary/aromatic N) is 1. The van der Waals surface area contributed by atoms with Crippen molar-refractivity contribution in [2.24, 2.45) is 0 Å². The molecule has 0 amide bonds. The Morgan fingerprint density at radius 3 is 1.97 bits per heavy atom. The molecule has 1 aliphatic carbocycles. The molecule has 0 N–H and O–H groups in total. The Labute approximate surface area is 166 Å². The van der Waals surface area contributed by atoms with Gasteiger partial charge < -0.3 is 9.64 Å². The SMILES string of the molecule is CN1c2ccccc2C(C(=O)OC2(F)C(F)=C(F)C(F)=C(F)C2F)c2ccccc21. The van der Waals surface area contributed by atoms with Gasteiger partial charge in [0.05, 0.1) is 0 Å². The maximum Gasteiger partial charge on any atom is 0.343 e. The van der Waals surface area contributed by atoms with Gasteiger partial charge in [-0.3, -0.25) is 4.79 Å². The third-order valence-corrected chi connectivity index (χ3v) is 5.15. The molecular weight excluding hydrogens is 412 g/mol. The number of hydrogen-bond donors (Lipinski definition) is 0. The molecule has 4 rings (SSSR count). The highest BCUT2D eigenvalue weighted by Crippen LogP contribution is 2.49. The number of ether oxygens (including phenoxy) is 1. The zero-order valence-corrected chi connectivity index (χ0v) is 15.3. The highest BCUT2D eigenvalue weighted by atomic mass is 19.2. The van der Waals surface area contributed by atoms with Crippen molar-refractivity contribution in [3.8, 4) is 0 Å². The Hall–Kier alpha value is -3.23. The van der Waals surface area contributed by atoms with Gasteiger partial charge in [-0.05, 0) is 23.3 Å². The van der Waals surface area contributed by atoms with E-state index in [1.54, 1.807) is 48.3 Å². The summed E-state index contributed by atoms with van der Waals surface area (Å²) in [6.07, 6.45) is -3.70. The van der Waals surface area contributed by atoms with Crippen molar-refractivity contribution in [2.45, 2.75) is 17.9 Å². The zero-order chi connectivity index (χ0) is 21.8. The number of para-hydroxylation sites is 2. The fourth-order valence-corrected chi connectivity index (χ4v) is 3.66. The summed E-state index contributed by atoms with van der Waals surface area (Å²) in [4.78, 5) is 14.6. The molecule has 0 fully saturated rings. The molecule has 0 saturated heterocycles. The van der Waals surface area contributed by atoms with E-state index in [0.29, 0.717) is 22.5 Å². The molecule has 0 aromatic heterocycles. The lowest BCUT2D eigenvalue weighted by Gasteiger charge is -2.36. The minimum absolute atomic E-state index is 0.325. The summed E-state index contributed by atoms with van der Waals surface area (Å²) >= 11 is 0. The lowest BCUT2D eigenvalue weighted by atomic mass is 9.85. The molecule has 0 saturated carbocycles. The van der Waals surface area contributed by atoms with Crippen molar-refractivity contribution in [1.29, 1.82) is 0 Å². The molecule has 2 aliphatic rings. The van der Waals surface area contributed by atoms with Crippen molar-refractivity contribution in [2.75, 3.05) is 11.9 Å². The molecule has 156 valence electrons. The summed E-state index contributed by atoms with van der Waals surface area (Å²) < 4.78 is 87.8. The molecule has 2 aromatic carbocycles. The molecule has 0 bridgehead atoms. The highest BCUT2D eigenvalue weighted by Gasteiger charge is 2.58. The van der Waals surface area contributed by atoms with Gasteiger partial charge in [-0.2, -0.15) is 4.39 Å². The summed E-state index contributed by atoms with van der Waals surface area (Å²) in [5.74, 6) is -17.6. The molecule has 1 heterocycles. The van der Waals surface area contributed by atoms with Crippen LogP contribution in [0.25, 0.3) is 0 Å². The van der Waals surface area contributed by atoms with Gasteiger partial charge in [0, 0.05) is 18.4 Å². The van der Waals surface area contributed by atoms with Crippen LogP contribution in [0.1, 0.15) is 17.0 Å². The predicted octanol–water partition coefficient (Wildman–Crippen LogP) is 5.76. The number of allylic oxidation sites excluding steroid dienone is 2. The van der Waals surface area contributed by atoms with Gasteiger partial charge in [-0.25, -0.2) is 22.0 Å². The first-order valence-corrected chi connectivity index (χ1v) is 8.77. The van der Waals surface area contributed by atoms with Gasteiger partial charge in [-0.15, -0.1) is 0 Å². The second-order valence-corrected chi connectivity index (χ2v) is 6.83. The number of carbonyl (C=O) groups is 1. The Morgan fingerprint density at radius 1 is 0.933 bits per heavy atom. The standard InChI is InChI=1S/C21H13F6NO2/c1-28-12-8-4-2-6-10(12)14(11-7-3-5-9-13(11)28)20(29)30-21(27)18(25)16(23)15(22)17(24)19(21)26/h2-9,14,18H,1H3. The largest absolute Gasteiger partial charge is 0.417 e. The lowest BCUT2D eigenvalue weighted by Crippen LogP contribution is -2.45. The van der Waals surface area contributed by atoms with Crippen molar-refractivity contribution in [3.05, 3.63) is 83.0 Å². The molecular formula is C21H13F6NO2. The van der Waals surface area contributed by atoms with E-state index in [1.165, 1.54) is 12.1 Å². The number of esters is 1. The van der Waals surface area contributed by atoms with Gasteiger partial charge in [0.1, 0.15) is 5.92 Å². The van der Waals surface area contributed by atoms with E-state index in [2.05, 4.69) is 4.74 Å². The average Bonchev–Trinajstić information content (AvgIpc) is 2.75. The van der Waals surface area contributed by atoms with Crippen LogP contribution in [0.3, 0.4) is 0 Å². The monoisotopic (exact) mass is 425 g/mol. The zero-order valence-electron chi connectivity index (χ0n) is 15.3. The van der Waals surface area contributed by atoms with E-state index in [4.69, 9.17) is 0 Å². The fraction of sp³-hybridized carbons (Fsp3) is 0.190. The number of fused-ring (bicyclic) bond motifs is 2. The van der Waals surface area contributed by atoms with Crippen molar-refractivity contribution < 1.29 is 35.9 Å². The van der Waals surface area contributed by atoms with Crippen molar-refractivity contribution in [1.82, 2.24) is 0 Å². The van der Waals surface area contributed by atoms with E-state index < -0.39 is 47.2 Å².